The molecule has 0 radical (unpaired) electrons. The normalized spacial score (nSPS) is 15.0. The third kappa shape index (κ3) is 5.59. The van der Waals surface area contributed by atoms with Crippen LogP contribution in [0.1, 0.15) is 19.4 Å². The van der Waals surface area contributed by atoms with E-state index in [0.29, 0.717) is 31.2 Å². The molecule has 1 fully saturated rings. The van der Waals surface area contributed by atoms with Gasteiger partial charge in [-0.1, -0.05) is 18.2 Å². The molecule has 1 heterocycles. The van der Waals surface area contributed by atoms with Gasteiger partial charge in [0.2, 0.25) is 0 Å². The minimum absolute atomic E-state index is 0.187. The summed E-state index contributed by atoms with van der Waals surface area (Å²) in [6, 6.07) is 12.4. The molecule has 0 atom stereocenters. The van der Waals surface area contributed by atoms with Crippen LogP contribution in [0.3, 0.4) is 0 Å². The highest BCUT2D eigenvalue weighted by atomic mass is 127. The summed E-state index contributed by atoms with van der Waals surface area (Å²) in [7, 11) is 1.50. The predicted octanol–water partition coefficient (Wildman–Crippen LogP) is 4.76. The molecule has 0 saturated carbocycles. The first-order valence-electron chi connectivity index (χ1n) is 9.42. The van der Waals surface area contributed by atoms with Gasteiger partial charge in [-0.3, -0.25) is 19.3 Å². The minimum atomic E-state index is -0.308. The van der Waals surface area contributed by atoms with Gasteiger partial charge in [-0.2, -0.15) is 0 Å². The SMILES string of the molecule is COc1cc(C=C2SC(=O)N(C(C)C)C2=O)cc(I)c1OCC(=O)Nc1ccccc1. The van der Waals surface area contributed by atoms with E-state index in [4.69, 9.17) is 9.47 Å². The van der Waals surface area contributed by atoms with Crippen molar-refractivity contribution in [2.75, 3.05) is 19.0 Å². The minimum Gasteiger partial charge on any atom is -0.493 e. The first-order valence-corrected chi connectivity index (χ1v) is 11.3. The number of nitrogens with one attached hydrogen (secondary N) is 1. The van der Waals surface area contributed by atoms with Gasteiger partial charge in [-0.15, -0.1) is 0 Å². The predicted molar refractivity (Wildman–Crippen MR) is 129 cm³/mol. The van der Waals surface area contributed by atoms with Crippen molar-refractivity contribution in [3.63, 3.8) is 0 Å². The highest BCUT2D eigenvalue weighted by molar-refractivity contribution is 14.1. The highest BCUT2D eigenvalue weighted by Crippen LogP contribution is 2.37. The molecule has 3 amide bonds. The first-order chi connectivity index (χ1) is 14.8. The number of para-hydroxylation sites is 1. The maximum absolute atomic E-state index is 12.5. The van der Waals surface area contributed by atoms with Crippen LogP contribution in [-0.4, -0.2) is 41.7 Å². The van der Waals surface area contributed by atoms with E-state index in [2.05, 4.69) is 27.9 Å². The lowest BCUT2D eigenvalue weighted by atomic mass is 10.1. The highest BCUT2D eigenvalue weighted by Gasteiger charge is 2.36. The molecule has 3 rings (SSSR count). The van der Waals surface area contributed by atoms with Crippen LogP contribution in [0.15, 0.2) is 47.4 Å². The monoisotopic (exact) mass is 552 g/mol. The van der Waals surface area contributed by atoms with Crippen molar-refractivity contribution in [2.24, 2.45) is 0 Å². The second kappa shape index (κ2) is 10.2. The summed E-state index contributed by atoms with van der Waals surface area (Å²) in [5.41, 5.74) is 1.38. The van der Waals surface area contributed by atoms with Gasteiger partial charge in [0.15, 0.2) is 18.1 Å². The second-order valence-corrected chi connectivity index (χ2v) is 9.04. The van der Waals surface area contributed by atoms with Gasteiger partial charge < -0.3 is 14.8 Å². The maximum Gasteiger partial charge on any atom is 0.293 e. The third-order valence-electron chi connectivity index (χ3n) is 4.29. The smallest absolute Gasteiger partial charge is 0.293 e. The van der Waals surface area contributed by atoms with Gasteiger partial charge in [0.1, 0.15) is 0 Å². The number of anilines is 1. The molecule has 0 aromatic heterocycles. The zero-order valence-corrected chi connectivity index (χ0v) is 20.2. The summed E-state index contributed by atoms with van der Waals surface area (Å²) in [4.78, 5) is 38.4. The summed E-state index contributed by atoms with van der Waals surface area (Å²) in [6.45, 7) is 3.41. The average molecular weight is 552 g/mol. The number of hydrogen-bond donors (Lipinski definition) is 1. The molecule has 0 bridgehead atoms. The van der Waals surface area contributed by atoms with Gasteiger partial charge in [0.05, 0.1) is 15.6 Å². The molecule has 2 aromatic carbocycles. The number of halogens is 1. The van der Waals surface area contributed by atoms with Crippen LogP contribution in [0, 0.1) is 3.57 Å². The number of thioether (sulfide) groups is 1. The van der Waals surface area contributed by atoms with E-state index in [1.54, 1.807) is 44.2 Å². The van der Waals surface area contributed by atoms with E-state index in [-0.39, 0.29) is 29.7 Å². The molecule has 2 aromatic rings. The average Bonchev–Trinajstić information content (AvgIpc) is 3.00. The fourth-order valence-electron chi connectivity index (χ4n) is 2.90. The Balaban J connectivity index is 1.75. The Morgan fingerprint density at radius 2 is 1.94 bits per heavy atom. The first kappa shape index (κ1) is 23.1. The number of nitrogens with zero attached hydrogens (tertiary/aromatic N) is 1. The lowest BCUT2D eigenvalue weighted by Gasteiger charge is -2.16. The molecule has 0 spiro atoms. The number of ether oxygens (including phenoxy) is 2. The van der Waals surface area contributed by atoms with Gasteiger partial charge in [-0.25, -0.2) is 0 Å². The van der Waals surface area contributed by atoms with Crippen LogP contribution in [-0.2, 0) is 9.59 Å². The Bertz CT molecular complexity index is 1040. The molecular formula is C22H21IN2O5S. The summed E-state index contributed by atoms with van der Waals surface area (Å²) in [5.74, 6) is 0.250. The molecule has 1 N–H and O–H groups in total. The Hall–Kier alpha value is -2.53. The van der Waals surface area contributed by atoms with E-state index in [0.717, 1.165) is 11.8 Å². The number of hydrogen-bond acceptors (Lipinski definition) is 6. The van der Waals surface area contributed by atoms with Crippen molar-refractivity contribution in [1.82, 2.24) is 4.90 Å². The zero-order chi connectivity index (χ0) is 22.5. The fraction of sp³-hybridized carbons (Fsp3) is 0.227. The largest absolute Gasteiger partial charge is 0.493 e. The van der Waals surface area contributed by atoms with Crippen molar-refractivity contribution >= 4 is 63.2 Å². The second-order valence-electron chi connectivity index (χ2n) is 6.88. The molecule has 0 unspecified atom stereocenters. The standard InChI is InChI=1S/C22H21IN2O5S/c1-13(2)25-21(27)18(31-22(25)28)11-14-9-16(23)20(17(10-14)29-3)30-12-19(26)24-15-7-5-4-6-8-15/h4-11,13H,12H2,1-3H3,(H,24,26). The topological polar surface area (TPSA) is 84.9 Å². The number of methoxy groups -OCH3 is 1. The van der Waals surface area contributed by atoms with E-state index in [9.17, 15) is 14.4 Å². The van der Waals surface area contributed by atoms with Crippen LogP contribution in [0.2, 0.25) is 0 Å². The van der Waals surface area contributed by atoms with E-state index >= 15 is 0 Å². The van der Waals surface area contributed by atoms with Crippen LogP contribution in [0.25, 0.3) is 6.08 Å². The molecular weight excluding hydrogens is 531 g/mol. The number of carbonyl (C=O) groups excluding carboxylic acids is 3. The van der Waals surface area contributed by atoms with Crippen molar-refractivity contribution in [3.05, 3.63) is 56.5 Å². The lowest BCUT2D eigenvalue weighted by molar-refractivity contribution is -0.123. The van der Waals surface area contributed by atoms with Crippen molar-refractivity contribution < 1.29 is 23.9 Å². The maximum atomic E-state index is 12.5. The summed E-state index contributed by atoms with van der Waals surface area (Å²) in [5, 5.41) is 2.48. The molecule has 1 saturated heterocycles. The van der Waals surface area contributed by atoms with Crippen LogP contribution >= 0.6 is 34.4 Å². The Labute approximate surface area is 198 Å². The van der Waals surface area contributed by atoms with Gasteiger partial charge in [0.25, 0.3) is 17.1 Å². The van der Waals surface area contributed by atoms with Crippen LogP contribution in [0.4, 0.5) is 10.5 Å². The molecule has 1 aliphatic rings. The number of rotatable bonds is 7. The number of amides is 3. The van der Waals surface area contributed by atoms with Crippen molar-refractivity contribution in [2.45, 2.75) is 19.9 Å². The van der Waals surface area contributed by atoms with Gasteiger partial charge in [0, 0.05) is 11.7 Å². The van der Waals surface area contributed by atoms with E-state index < -0.39 is 0 Å². The Morgan fingerprint density at radius 1 is 1.23 bits per heavy atom. The Morgan fingerprint density at radius 3 is 2.55 bits per heavy atom. The van der Waals surface area contributed by atoms with Gasteiger partial charge in [-0.05, 0) is 84.1 Å². The van der Waals surface area contributed by atoms with E-state index in [1.807, 2.05) is 18.2 Å². The molecule has 9 heteroatoms. The lowest BCUT2D eigenvalue weighted by Crippen LogP contribution is -2.34. The molecule has 7 nitrogen and oxygen atoms in total. The molecule has 1 aliphatic heterocycles. The zero-order valence-electron chi connectivity index (χ0n) is 17.2. The summed E-state index contributed by atoms with van der Waals surface area (Å²) >= 11 is 3.00. The number of benzene rings is 2. The van der Waals surface area contributed by atoms with Crippen LogP contribution < -0.4 is 14.8 Å². The quantitative estimate of drug-likeness (QED) is 0.394. The number of imide groups is 1. The summed E-state index contributed by atoms with van der Waals surface area (Å²) < 4.78 is 11.8. The van der Waals surface area contributed by atoms with Crippen LogP contribution in [0.5, 0.6) is 11.5 Å². The van der Waals surface area contributed by atoms with Crippen molar-refractivity contribution in [3.8, 4) is 11.5 Å². The van der Waals surface area contributed by atoms with Crippen molar-refractivity contribution in [1.29, 1.82) is 0 Å². The Kier molecular flexibility index (Phi) is 7.60. The number of carbonyl (C=O) groups is 3. The molecule has 0 aliphatic carbocycles. The molecule has 162 valence electrons. The fourth-order valence-corrected chi connectivity index (χ4v) is 4.64. The van der Waals surface area contributed by atoms with Gasteiger partial charge >= 0.3 is 0 Å². The summed E-state index contributed by atoms with van der Waals surface area (Å²) in [6.07, 6.45) is 1.66. The van der Waals surface area contributed by atoms with E-state index in [1.165, 1.54) is 12.0 Å². The third-order valence-corrected chi connectivity index (χ3v) is 5.98. The molecule has 31 heavy (non-hydrogen) atoms.